The number of hydrogen-bond acceptors (Lipinski definition) is 11. The Morgan fingerprint density at radius 2 is 1.44 bits per heavy atom. The summed E-state index contributed by atoms with van der Waals surface area (Å²) < 4.78 is 17.0. The van der Waals surface area contributed by atoms with Gasteiger partial charge in [-0.3, -0.25) is 4.79 Å². The van der Waals surface area contributed by atoms with Crippen LogP contribution in [0.2, 0.25) is 0 Å². The van der Waals surface area contributed by atoms with Gasteiger partial charge in [0, 0.05) is 18.5 Å². The summed E-state index contributed by atoms with van der Waals surface area (Å²) in [6.07, 6.45) is -12.4. The van der Waals surface area contributed by atoms with E-state index in [1.807, 2.05) is 6.07 Å². The van der Waals surface area contributed by atoms with Crippen molar-refractivity contribution in [1.29, 1.82) is 0 Å². The molecule has 0 spiro atoms. The largest absolute Gasteiger partial charge is 0.462 e. The quantitative estimate of drug-likeness (QED) is 0.188. The Kier molecular flexibility index (Phi) is 9.54. The van der Waals surface area contributed by atoms with Gasteiger partial charge in [-0.1, -0.05) is 24.3 Å². The van der Waals surface area contributed by atoms with E-state index in [4.69, 9.17) is 14.2 Å². The third-order valence-electron chi connectivity index (χ3n) is 7.31. The Balaban J connectivity index is 1.48. The van der Waals surface area contributed by atoms with Crippen LogP contribution in [0.4, 0.5) is 0 Å². The first-order valence-electron chi connectivity index (χ1n) is 12.7. The Labute approximate surface area is 225 Å². The summed E-state index contributed by atoms with van der Waals surface area (Å²) in [6, 6.07) is 13.9. The minimum Gasteiger partial charge on any atom is -0.462 e. The van der Waals surface area contributed by atoms with E-state index in [9.17, 15) is 40.5 Å². The lowest BCUT2D eigenvalue weighted by Gasteiger charge is -2.46. The molecule has 0 bridgehead atoms. The predicted octanol–water partition coefficient (Wildman–Crippen LogP) is -1.62. The van der Waals surface area contributed by atoms with Crippen molar-refractivity contribution in [3.63, 3.8) is 0 Å². The Bertz CT molecular complexity index is 1100. The molecule has 2 heterocycles. The highest BCUT2D eigenvalue weighted by Crippen LogP contribution is 2.35. The number of rotatable bonds is 8. The van der Waals surface area contributed by atoms with Crippen LogP contribution in [0.5, 0.6) is 5.75 Å². The number of aliphatic hydroxyl groups is 7. The molecule has 12 nitrogen and oxygen atoms in total. The van der Waals surface area contributed by atoms with Crippen LogP contribution in [0, 0.1) is 5.92 Å². The van der Waals surface area contributed by atoms with Gasteiger partial charge in [0.25, 0.3) is 5.91 Å². The molecule has 2 aromatic rings. The molecule has 2 aliphatic rings. The van der Waals surface area contributed by atoms with Gasteiger partial charge < -0.3 is 55.3 Å². The zero-order valence-corrected chi connectivity index (χ0v) is 21.3. The van der Waals surface area contributed by atoms with E-state index >= 15 is 0 Å². The summed E-state index contributed by atoms with van der Waals surface area (Å²) in [5.41, 5.74) is 2.12. The SMILES string of the molecule is CNC(=O)c1cccc(-c2ccc(OC3OC(CO)C(O)C(CC4OC(CO)C(O)C(O)C4O)C3O)cc2)c1. The molecule has 2 aromatic carbocycles. The van der Waals surface area contributed by atoms with Crippen LogP contribution in [0.1, 0.15) is 16.8 Å². The summed E-state index contributed by atoms with van der Waals surface area (Å²) in [5.74, 6) is -0.905. The van der Waals surface area contributed by atoms with Crippen molar-refractivity contribution in [2.75, 3.05) is 20.3 Å². The molecule has 2 aliphatic heterocycles. The van der Waals surface area contributed by atoms with Gasteiger partial charge in [-0.25, -0.2) is 0 Å². The van der Waals surface area contributed by atoms with E-state index in [1.54, 1.807) is 49.5 Å². The van der Waals surface area contributed by atoms with Gasteiger partial charge in [-0.2, -0.15) is 0 Å². The van der Waals surface area contributed by atoms with E-state index in [0.29, 0.717) is 11.3 Å². The fourth-order valence-corrected chi connectivity index (χ4v) is 5.03. The van der Waals surface area contributed by atoms with Gasteiger partial charge in [-0.15, -0.1) is 0 Å². The molecule has 8 N–H and O–H groups in total. The standard InChI is InChI=1S/C27H35NO11/c1-28-26(36)15-4-2-3-14(9-15)13-5-7-16(8-6-13)37-27-22(32)17(21(31)19(11-29)39-27)10-18-23(33)25(35)24(34)20(12-30)38-18/h2-9,17-25,27,29-35H,10-12H2,1H3,(H,28,36). The van der Waals surface area contributed by atoms with Crippen molar-refractivity contribution < 1.29 is 54.8 Å². The molecule has 10 unspecified atom stereocenters. The first-order chi connectivity index (χ1) is 18.7. The lowest BCUT2D eigenvalue weighted by molar-refractivity contribution is -0.278. The van der Waals surface area contributed by atoms with Crippen LogP contribution >= 0.6 is 0 Å². The molecule has 0 aromatic heterocycles. The van der Waals surface area contributed by atoms with Crippen molar-refractivity contribution >= 4 is 5.91 Å². The summed E-state index contributed by atoms with van der Waals surface area (Å²) in [5, 5.41) is 74.2. The van der Waals surface area contributed by atoms with E-state index in [2.05, 4.69) is 5.32 Å². The highest BCUT2D eigenvalue weighted by Gasteiger charge is 2.50. The predicted molar refractivity (Wildman–Crippen MR) is 136 cm³/mol. The second kappa shape index (κ2) is 12.7. The highest BCUT2D eigenvalue weighted by atomic mass is 16.7. The molecule has 1 amide bonds. The first-order valence-corrected chi connectivity index (χ1v) is 12.7. The van der Waals surface area contributed by atoms with Gasteiger partial charge in [0.1, 0.15) is 42.4 Å². The van der Waals surface area contributed by atoms with E-state index in [0.717, 1.165) is 11.1 Å². The third kappa shape index (κ3) is 6.24. The maximum Gasteiger partial charge on any atom is 0.251 e. The van der Waals surface area contributed by atoms with Gasteiger partial charge in [0.15, 0.2) is 0 Å². The Hall–Kier alpha value is -2.65. The van der Waals surface area contributed by atoms with Crippen molar-refractivity contribution in [2.45, 2.75) is 61.5 Å². The average molecular weight is 550 g/mol. The molecule has 39 heavy (non-hydrogen) atoms. The van der Waals surface area contributed by atoms with Gasteiger partial charge >= 0.3 is 0 Å². The Morgan fingerprint density at radius 1 is 0.795 bits per heavy atom. The lowest BCUT2D eigenvalue weighted by atomic mass is 9.81. The van der Waals surface area contributed by atoms with E-state index in [-0.39, 0.29) is 12.3 Å². The molecule has 0 aliphatic carbocycles. The molecular weight excluding hydrogens is 514 g/mol. The van der Waals surface area contributed by atoms with Crippen LogP contribution in [0.15, 0.2) is 48.5 Å². The second-order valence-corrected chi connectivity index (χ2v) is 9.78. The number of carbonyl (C=O) groups excluding carboxylic acids is 1. The van der Waals surface area contributed by atoms with Crippen molar-refractivity contribution in [3.05, 3.63) is 54.1 Å². The summed E-state index contributed by atoms with van der Waals surface area (Å²) >= 11 is 0. The topological polar surface area (TPSA) is 198 Å². The van der Waals surface area contributed by atoms with Gasteiger partial charge in [0.2, 0.25) is 6.29 Å². The average Bonchev–Trinajstić information content (AvgIpc) is 2.96. The number of amides is 1. The summed E-state index contributed by atoms with van der Waals surface area (Å²) in [7, 11) is 1.55. The molecule has 12 heteroatoms. The van der Waals surface area contributed by atoms with E-state index in [1.165, 1.54) is 0 Å². The maximum absolute atomic E-state index is 11.9. The molecule has 0 radical (unpaired) electrons. The van der Waals surface area contributed by atoms with Crippen LogP contribution in [-0.4, -0.2) is 117 Å². The highest BCUT2D eigenvalue weighted by molar-refractivity contribution is 5.95. The number of benzene rings is 2. The molecule has 0 saturated carbocycles. The minimum absolute atomic E-state index is 0.190. The number of aliphatic hydroxyl groups excluding tert-OH is 7. The fraction of sp³-hybridized carbons (Fsp3) is 0.519. The molecule has 214 valence electrons. The zero-order valence-electron chi connectivity index (χ0n) is 21.3. The maximum atomic E-state index is 11.9. The fourth-order valence-electron chi connectivity index (χ4n) is 5.03. The first kappa shape index (κ1) is 29.3. The number of hydrogen-bond donors (Lipinski definition) is 8. The van der Waals surface area contributed by atoms with Crippen LogP contribution in [0.25, 0.3) is 11.1 Å². The Morgan fingerprint density at radius 3 is 2.08 bits per heavy atom. The smallest absolute Gasteiger partial charge is 0.251 e. The van der Waals surface area contributed by atoms with E-state index < -0.39 is 74.3 Å². The normalized spacial score (nSPS) is 34.9. The van der Waals surface area contributed by atoms with Gasteiger partial charge in [0.05, 0.1) is 25.4 Å². The van der Waals surface area contributed by atoms with Crippen molar-refractivity contribution in [3.8, 4) is 16.9 Å². The molecule has 2 saturated heterocycles. The monoisotopic (exact) mass is 549 g/mol. The summed E-state index contributed by atoms with van der Waals surface area (Å²) in [6.45, 7) is -1.20. The van der Waals surface area contributed by atoms with Crippen LogP contribution in [-0.2, 0) is 9.47 Å². The second-order valence-electron chi connectivity index (χ2n) is 9.78. The molecule has 4 rings (SSSR count). The zero-order chi connectivity index (χ0) is 28.3. The third-order valence-corrected chi connectivity index (χ3v) is 7.31. The number of nitrogens with one attached hydrogen (secondary N) is 1. The van der Waals surface area contributed by atoms with Crippen LogP contribution < -0.4 is 10.1 Å². The number of carbonyl (C=O) groups is 1. The molecular formula is C27H35NO11. The minimum atomic E-state index is -1.61. The number of ether oxygens (including phenoxy) is 3. The summed E-state index contributed by atoms with van der Waals surface area (Å²) in [4.78, 5) is 11.9. The van der Waals surface area contributed by atoms with Gasteiger partial charge in [-0.05, 0) is 41.8 Å². The van der Waals surface area contributed by atoms with Crippen molar-refractivity contribution in [2.24, 2.45) is 5.92 Å². The molecule has 10 atom stereocenters. The molecule has 2 fully saturated rings. The van der Waals surface area contributed by atoms with Crippen LogP contribution in [0.3, 0.4) is 0 Å². The lowest BCUT2D eigenvalue weighted by Crippen LogP contribution is -2.62. The van der Waals surface area contributed by atoms with Crippen molar-refractivity contribution in [1.82, 2.24) is 5.32 Å².